The topological polar surface area (TPSA) is 86.1 Å². The molecule has 0 saturated heterocycles. The van der Waals surface area contributed by atoms with E-state index in [1.165, 1.54) is 6.92 Å². The first-order valence-corrected chi connectivity index (χ1v) is 8.88. The Kier molecular flexibility index (Phi) is 5.41. The van der Waals surface area contributed by atoms with E-state index in [0.29, 0.717) is 28.3 Å². The van der Waals surface area contributed by atoms with Crippen LogP contribution in [0.5, 0.6) is 0 Å². The number of benzene rings is 2. The molecule has 2 aromatic carbocycles. The number of hydrogen-bond acceptors (Lipinski definition) is 5. The van der Waals surface area contributed by atoms with Crippen molar-refractivity contribution in [2.75, 3.05) is 5.32 Å². The second-order valence-corrected chi connectivity index (χ2v) is 6.47. The number of amides is 1. The van der Waals surface area contributed by atoms with Crippen molar-refractivity contribution in [2.24, 2.45) is 0 Å². The Morgan fingerprint density at radius 3 is 2.81 bits per heavy atom. The minimum atomic E-state index is -0.974. The van der Waals surface area contributed by atoms with Gasteiger partial charge in [0, 0.05) is 17.3 Å². The molecule has 0 spiro atoms. The third-order valence-electron chi connectivity index (χ3n) is 4.23. The van der Waals surface area contributed by atoms with Gasteiger partial charge >= 0.3 is 5.97 Å². The average molecular weight is 387 g/mol. The second kappa shape index (κ2) is 7.75. The molecule has 1 amide bonds. The van der Waals surface area contributed by atoms with Crippen molar-refractivity contribution in [2.45, 2.75) is 33.4 Å². The maximum absolute atomic E-state index is 12.4. The normalized spacial score (nSPS) is 12.0. The smallest absolute Gasteiger partial charge is 0.338 e. The van der Waals surface area contributed by atoms with Crippen LogP contribution in [0.3, 0.4) is 0 Å². The Hall–Kier alpha value is -2.93. The fourth-order valence-corrected chi connectivity index (χ4v) is 2.77. The number of ether oxygens (including phenoxy) is 1. The molecule has 0 aliphatic rings. The summed E-state index contributed by atoms with van der Waals surface area (Å²) in [5, 5.41) is 11.3. The van der Waals surface area contributed by atoms with E-state index in [4.69, 9.17) is 16.3 Å². The van der Waals surface area contributed by atoms with Crippen molar-refractivity contribution in [3.8, 4) is 0 Å². The van der Waals surface area contributed by atoms with E-state index in [0.717, 1.165) is 11.1 Å². The summed E-state index contributed by atoms with van der Waals surface area (Å²) in [4.78, 5) is 24.7. The summed E-state index contributed by atoms with van der Waals surface area (Å²) in [5.74, 6) is -1.04. The van der Waals surface area contributed by atoms with Crippen molar-refractivity contribution < 1.29 is 14.3 Å². The highest BCUT2D eigenvalue weighted by Gasteiger charge is 2.20. The van der Waals surface area contributed by atoms with E-state index in [2.05, 4.69) is 15.6 Å². The standard InChI is InChI=1S/C19H19ClN4O3/c1-4-24-17-9-8-13(10-16(17)22-23-24)19(26)27-12(3)18(25)21-15-7-5-6-14(20)11(15)2/h5-10,12H,4H2,1-3H3,(H,21,25)/t12-/m1/s1. The molecule has 0 bridgehead atoms. The monoisotopic (exact) mass is 386 g/mol. The van der Waals surface area contributed by atoms with E-state index in [-0.39, 0.29) is 0 Å². The minimum absolute atomic E-state index is 0.309. The molecule has 0 aliphatic heterocycles. The van der Waals surface area contributed by atoms with Gasteiger partial charge < -0.3 is 10.1 Å². The summed E-state index contributed by atoms with van der Waals surface area (Å²) in [7, 11) is 0. The molecule has 8 heteroatoms. The lowest BCUT2D eigenvalue weighted by molar-refractivity contribution is -0.123. The molecule has 1 aromatic heterocycles. The zero-order valence-corrected chi connectivity index (χ0v) is 15.9. The summed E-state index contributed by atoms with van der Waals surface area (Å²) in [6.45, 7) is 5.95. The number of rotatable bonds is 5. The Morgan fingerprint density at radius 2 is 2.07 bits per heavy atom. The fourth-order valence-electron chi connectivity index (χ4n) is 2.59. The van der Waals surface area contributed by atoms with Crippen LogP contribution in [0.2, 0.25) is 5.02 Å². The van der Waals surface area contributed by atoms with Crippen LogP contribution in [0.15, 0.2) is 36.4 Å². The Balaban J connectivity index is 1.69. The van der Waals surface area contributed by atoms with Gasteiger partial charge in [0.2, 0.25) is 0 Å². The molecule has 0 saturated carbocycles. The summed E-state index contributed by atoms with van der Waals surface area (Å²) in [5.41, 5.74) is 3.06. The summed E-state index contributed by atoms with van der Waals surface area (Å²) < 4.78 is 7.01. The number of fused-ring (bicyclic) bond motifs is 1. The maximum Gasteiger partial charge on any atom is 0.338 e. The van der Waals surface area contributed by atoms with Gasteiger partial charge in [0.1, 0.15) is 5.52 Å². The predicted octanol–water partition coefficient (Wildman–Crippen LogP) is 3.60. The third-order valence-corrected chi connectivity index (χ3v) is 4.64. The van der Waals surface area contributed by atoms with Crippen LogP contribution >= 0.6 is 11.6 Å². The average Bonchev–Trinajstić information content (AvgIpc) is 3.07. The molecular formula is C19H19ClN4O3. The molecule has 0 unspecified atom stereocenters. The molecule has 140 valence electrons. The molecule has 3 aromatic rings. The molecule has 1 heterocycles. The number of aryl methyl sites for hydroxylation is 1. The van der Waals surface area contributed by atoms with Gasteiger partial charge in [-0.25, -0.2) is 9.48 Å². The number of halogens is 1. The lowest BCUT2D eigenvalue weighted by Crippen LogP contribution is -2.30. The number of hydrogen-bond donors (Lipinski definition) is 1. The molecule has 27 heavy (non-hydrogen) atoms. The van der Waals surface area contributed by atoms with Crippen LogP contribution in [-0.4, -0.2) is 33.0 Å². The Bertz CT molecular complexity index is 1020. The summed E-state index contributed by atoms with van der Waals surface area (Å²) in [6, 6.07) is 10.2. The highest BCUT2D eigenvalue weighted by atomic mass is 35.5. The number of anilines is 1. The molecule has 3 rings (SSSR count). The van der Waals surface area contributed by atoms with Gasteiger partial charge in [-0.2, -0.15) is 0 Å². The summed E-state index contributed by atoms with van der Waals surface area (Å²) >= 11 is 6.05. The first-order chi connectivity index (χ1) is 12.9. The van der Waals surface area contributed by atoms with E-state index < -0.39 is 18.0 Å². The van der Waals surface area contributed by atoms with Crippen LogP contribution in [0.1, 0.15) is 29.8 Å². The fraction of sp³-hybridized carbons (Fsp3) is 0.263. The van der Waals surface area contributed by atoms with Crippen molar-refractivity contribution in [3.63, 3.8) is 0 Å². The van der Waals surface area contributed by atoms with Crippen LogP contribution in [0.4, 0.5) is 5.69 Å². The van der Waals surface area contributed by atoms with Gasteiger partial charge in [0.05, 0.1) is 11.1 Å². The third kappa shape index (κ3) is 3.93. The van der Waals surface area contributed by atoms with Crippen LogP contribution in [-0.2, 0) is 16.1 Å². The molecule has 0 aliphatic carbocycles. The minimum Gasteiger partial charge on any atom is -0.449 e. The van der Waals surface area contributed by atoms with E-state index in [1.807, 2.05) is 6.92 Å². The van der Waals surface area contributed by atoms with Crippen molar-refractivity contribution >= 4 is 40.2 Å². The van der Waals surface area contributed by atoms with Gasteiger partial charge in [-0.05, 0) is 56.7 Å². The molecule has 7 nitrogen and oxygen atoms in total. The van der Waals surface area contributed by atoms with Crippen LogP contribution in [0.25, 0.3) is 11.0 Å². The Morgan fingerprint density at radius 1 is 1.30 bits per heavy atom. The zero-order valence-electron chi connectivity index (χ0n) is 15.2. The first kappa shape index (κ1) is 18.8. The molecule has 1 atom stereocenters. The van der Waals surface area contributed by atoms with Gasteiger partial charge in [-0.1, -0.05) is 22.9 Å². The number of carbonyl (C=O) groups is 2. The Labute approximate surface area is 161 Å². The first-order valence-electron chi connectivity index (χ1n) is 8.51. The van der Waals surface area contributed by atoms with E-state index in [1.54, 1.807) is 48.0 Å². The molecule has 0 radical (unpaired) electrons. The van der Waals surface area contributed by atoms with Crippen LogP contribution in [0, 0.1) is 6.92 Å². The quantitative estimate of drug-likeness (QED) is 0.677. The SMILES string of the molecule is CCn1nnc2cc(C(=O)O[C@H](C)C(=O)Nc3cccc(Cl)c3C)ccc21. The number of carbonyl (C=O) groups excluding carboxylic acids is 2. The van der Waals surface area contributed by atoms with Gasteiger partial charge in [0.25, 0.3) is 5.91 Å². The molecule has 1 N–H and O–H groups in total. The lowest BCUT2D eigenvalue weighted by Gasteiger charge is -2.15. The van der Waals surface area contributed by atoms with E-state index >= 15 is 0 Å². The molecular weight excluding hydrogens is 368 g/mol. The largest absolute Gasteiger partial charge is 0.449 e. The van der Waals surface area contributed by atoms with Crippen LogP contribution < -0.4 is 5.32 Å². The molecule has 0 fully saturated rings. The maximum atomic E-state index is 12.4. The number of aromatic nitrogens is 3. The second-order valence-electron chi connectivity index (χ2n) is 6.06. The van der Waals surface area contributed by atoms with E-state index in [9.17, 15) is 9.59 Å². The lowest BCUT2D eigenvalue weighted by atomic mass is 10.2. The number of nitrogens with zero attached hydrogens (tertiary/aromatic N) is 3. The number of esters is 1. The van der Waals surface area contributed by atoms with Gasteiger partial charge in [-0.15, -0.1) is 5.10 Å². The van der Waals surface area contributed by atoms with Gasteiger partial charge in [0.15, 0.2) is 6.10 Å². The van der Waals surface area contributed by atoms with Gasteiger partial charge in [-0.3, -0.25) is 4.79 Å². The zero-order chi connectivity index (χ0) is 19.6. The predicted molar refractivity (Wildman–Crippen MR) is 103 cm³/mol. The summed E-state index contributed by atoms with van der Waals surface area (Å²) in [6.07, 6.45) is -0.974. The highest BCUT2D eigenvalue weighted by molar-refractivity contribution is 6.31. The van der Waals surface area contributed by atoms with Crippen molar-refractivity contribution in [1.82, 2.24) is 15.0 Å². The van der Waals surface area contributed by atoms with Crippen molar-refractivity contribution in [3.05, 3.63) is 52.5 Å². The number of nitrogens with one attached hydrogen (secondary N) is 1. The van der Waals surface area contributed by atoms with Crippen molar-refractivity contribution in [1.29, 1.82) is 0 Å². The highest BCUT2D eigenvalue weighted by Crippen LogP contribution is 2.23.